The largest absolute Gasteiger partial charge is 0.496 e. The fraction of sp³-hybridized carbons (Fsp3) is 0.227. The zero-order chi connectivity index (χ0) is 21.1. The lowest BCUT2D eigenvalue weighted by molar-refractivity contribution is -0.384. The van der Waals surface area contributed by atoms with Crippen LogP contribution < -0.4 is 15.0 Å². The van der Waals surface area contributed by atoms with Gasteiger partial charge < -0.3 is 15.0 Å². The molecule has 1 amide bonds. The van der Waals surface area contributed by atoms with Gasteiger partial charge in [-0.05, 0) is 29.3 Å². The van der Waals surface area contributed by atoms with Crippen LogP contribution in [0.25, 0.3) is 10.8 Å². The van der Waals surface area contributed by atoms with Gasteiger partial charge in [0.15, 0.2) is 0 Å². The molecule has 7 heteroatoms. The molecule has 0 heterocycles. The Morgan fingerprint density at radius 1 is 1.10 bits per heavy atom. The van der Waals surface area contributed by atoms with Crippen molar-refractivity contribution in [2.75, 3.05) is 26.1 Å². The van der Waals surface area contributed by atoms with E-state index >= 15 is 0 Å². The van der Waals surface area contributed by atoms with Gasteiger partial charge in [-0.15, -0.1) is 0 Å². The minimum atomic E-state index is -0.502. The van der Waals surface area contributed by atoms with Crippen molar-refractivity contribution in [2.24, 2.45) is 0 Å². The summed E-state index contributed by atoms with van der Waals surface area (Å²) in [6.07, 6.45) is 0. The lowest BCUT2D eigenvalue weighted by Gasteiger charge is -2.18. The number of nitro groups is 1. The number of carbonyl (C=O) groups excluding carboxylic acids is 1. The summed E-state index contributed by atoms with van der Waals surface area (Å²) >= 11 is 0. The molecule has 7 nitrogen and oxygen atoms in total. The molecular weight excluding hydrogens is 370 g/mol. The van der Waals surface area contributed by atoms with Crippen LogP contribution in [0.15, 0.2) is 54.6 Å². The Kier molecular flexibility index (Phi) is 5.68. The Morgan fingerprint density at radius 2 is 1.79 bits per heavy atom. The van der Waals surface area contributed by atoms with Crippen molar-refractivity contribution >= 4 is 28.1 Å². The van der Waals surface area contributed by atoms with Gasteiger partial charge in [-0.25, -0.2) is 0 Å². The summed E-state index contributed by atoms with van der Waals surface area (Å²) in [5.74, 6) is -0.154. The number of benzene rings is 3. The highest BCUT2D eigenvalue weighted by Crippen LogP contribution is 2.34. The van der Waals surface area contributed by atoms with E-state index in [0.717, 1.165) is 16.3 Å². The van der Waals surface area contributed by atoms with Crippen LogP contribution in [-0.2, 0) is 0 Å². The van der Waals surface area contributed by atoms with Crippen LogP contribution in [0.2, 0.25) is 0 Å². The third kappa shape index (κ3) is 4.13. The van der Waals surface area contributed by atoms with E-state index in [2.05, 4.69) is 5.32 Å². The number of methoxy groups -OCH3 is 1. The predicted octanol–water partition coefficient (Wildman–Crippen LogP) is 4.31. The molecule has 0 bridgehead atoms. The molecule has 0 aliphatic carbocycles. The van der Waals surface area contributed by atoms with E-state index in [1.807, 2.05) is 49.4 Å². The summed E-state index contributed by atoms with van der Waals surface area (Å²) in [6, 6.07) is 16.4. The molecule has 29 heavy (non-hydrogen) atoms. The Morgan fingerprint density at radius 3 is 2.41 bits per heavy atom. The average molecular weight is 393 g/mol. The number of nitrogens with zero attached hydrogens (tertiary/aromatic N) is 2. The monoisotopic (exact) mass is 393 g/mol. The number of anilines is 1. The van der Waals surface area contributed by atoms with Crippen LogP contribution in [0.3, 0.4) is 0 Å². The lowest BCUT2D eigenvalue weighted by atomic mass is 10.0. The number of amides is 1. The van der Waals surface area contributed by atoms with Crippen LogP contribution in [0.4, 0.5) is 11.4 Å². The quantitative estimate of drug-likeness (QED) is 0.498. The summed E-state index contributed by atoms with van der Waals surface area (Å²) < 4.78 is 5.33. The maximum absolute atomic E-state index is 12.9. The molecule has 0 fully saturated rings. The van der Waals surface area contributed by atoms with E-state index < -0.39 is 10.8 Å². The third-order valence-corrected chi connectivity index (χ3v) is 4.84. The average Bonchev–Trinajstić information content (AvgIpc) is 2.71. The Bertz CT molecular complexity index is 1080. The molecule has 3 aromatic rings. The Hall–Kier alpha value is -3.61. The van der Waals surface area contributed by atoms with Crippen LogP contribution in [-0.4, -0.2) is 32.0 Å². The molecule has 0 aliphatic rings. The van der Waals surface area contributed by atoms with Crippen molar-refractivity contribution in [2.45, 2.75) is 13.0 Å². The minimum absolute atomic E-state index is 0.123. The SMILES string of the molecule is COc1cc(N(C)C)c([N+](=O)[O-])cc1C(=O)N[C@H](C)c1ccc2ccccc2c1. The van der Waals surface area contributed by atoms with Gasteiger partial charge in [0.2, 0.25) is 0 Å². The molecule has 0 aliphatic heterocycles. The van der Waals surface area contributed by atoms with Crippen molar-refractivity contribution in [3.8, 4) is 5.75 Å². The highest BCUT2D eigenvalue weighted by atomic mass is 16.6. The van der Waals surface area contributed by atoms with E-state index in [-0.39, 0.29) is 23.0 Å². The molecule has 0 radical (unpaired) electrons. The second-order valence-corrected chi connectivity index (χ2v) is 6.99. The molecule has 3 rings (SSSR count). The van der Waals surface area contributed by atoms with Crippen molar-refractivity contribution in [1.82, 2.24) is 5.32 Å². The first kappa shape index (κ1) is 20.1. The molecule has 1 N–H and O–H groups in total. The van der Waals surface area contributed by atoms with Crippen molar-refractivity contribution in [3.05, 3.63) is 75.8 Å². The number of nitrogens with one attached hydrogen (secondary N) is 1. The summed E-state index contributed by atoms with van der Waals surface area (Å²) in [6.45, 7) is 1.87. The smallest absolute Gasteiger partial charge is 0.293 e. The minimum Gasteiger partial charge on any atom is -0.496 e. The van der Waals surface area contributed by atoms with Gasteiger partial charge in [-0.2, -0.15) is 0 Å². The van der Waals surface area contributed by atoms with E-state index in [1.165, 1.54) is 19.2 Å². The third-order valence-electron chi connectivity index (χ3n) is 4.84. The molecule has 0 spiro atoms. The molecule has 0 aromatic heterocycles. The Balaban J connectivity index is 1.92. The number of carbonyl (C=O) groups is 1. The fourth-order valence-corrected chi connectivity index (χ4v) is 3.24. The summed E-state index contributed by atoms with van der Waals surface area (Å²) in [7, 11) is 4.83. The number of rotatable bonds is 6. The van der Waals surface area contributed by atoms with E-state index in [0.29, 0.717) is 5.69 Å². The standard InChI is InChI=1S/C22H23N3O4/c1-14(16-10-9-15-7-5-6-8-17(15)11-16)23-22(26)18-12-20(25(27)28)19(24(2)3)13-21(18)29-4/h5-14H,1-4H3,(H,23,26)/t14-/m1/s1. The number of hydrogen-bond acceptors (Lipinski definition) is 5. The number of nitro benzene ring substituents is 1. The van der Waals surface area contributed by atoms with Crippen LogP contribution in [0.5, 0.6) is 5.75 Å². The summed E-state index contributed by atoms with van der Waals surface area (Å²) in [4.78, 5) is 25.5. The van der Waals surface area contributed by atoms with Crippen molar-refractivity contribution in [3.63, 3.8) is 0 Å². The first-order valence-electron chi connectivity index (χ1n) is 9.15. The number of fused-ring (bicyclic) bond motifs is 1. The second-order valence-electron chi connectivity index (χ2n) is 6.99. The summed E-state index contributed by atoms with van der Waals surface area (Å²) in [5, 5.41) is 16.6. The highest BCUT2D eigenvalue weighted by Gasteiger charge is 2.24. The molecule has 0 saturated heterocycles. The number of ether oxygens (including phenoxy) is 1. The highest BCUT2D eigenvalue weighted by molar-refractivity contribution is 5.99. The topological polar surface area (TPSA) is 84.7 Å². The van der Waals surface area contributed by atoms with Gasteiger partial charge in [0.25, 0.3) is 11.6 Å². The van der Waals surface area contributed by atoms with Gasteiger partial charge >= 0.3 is 0 Å². The summed E-state index contributed by atoms with van der Waals surface area (Å²) in [5.41, 5.74) is 1.28. The molecular formula is C22H23N3O4. The predicted molar refractivity (Wildman–Crippen MR) is 114 cm³/mol. The first-order chi connectivity index (χ1) is 13.8. The zero-order valence-electron chi connectivity index (χ0n) is 16.8. The zero-order valence-corrected chi connectivity index (χ0v) is 16.8. The second kappa shape index (κ2) is 8.18. The van der Waals surface area contributed by atoms with Gasteiger partial charge in [0.1, 0.15) is 11.4 Å². The maximum atomic E-state index is 12.9. The van der Waals surface area contributed by atoms with Crippen LogP contribution in [0.1, 0.15) is 28.9 Å². The van der Waals surface area contributed by atoms with Crippen molar-refractivity contribution < 1.29 is 14.5 Å². The van der Waals surface area contributed by atoms with Crippen LogP contribution in [0, 0.1) is 10.1 Å². The molecule has 3 aromatic carbocycles. The first-order valence-corrected chi connectivity index (χ1v) is 9.15. The maximum Gasteiger partial charge on any atom is 0.293 e. The number of hydrogen-bond donors (Lipinski definition) is 1. The molecule has 0 saturated carbocycles. The van der Waals surface area contributed by atoms with Crippen LogP contribution >= 0.6 is 0 Å². The molecule has 1 atom stereocenters. The normalized spacial score (nSPS) is 11.7. The molecule has 0 unspecified atom stereocenters. The van der Waals surface area contributed by atoms with E-state index in [4.69, 9.17) is 4.74 Å². The Labute approximate surface area is 169 Å². The van der Waals surface area contributed by atoms with E-state index in [9.17, 15) is 14.9 Å². The fourth-order valence-electron chi connectivity index (χ4n) is 3.24. The lowest BCUT2D eigenvalue weighted by Crippen LogP contribution is -2.27. The van der Waals surface area contributed by atoms with Gasteiger partial charge in [-0.3, -0.25) is 14.9 Å². The van der Waals surface area contributed by atoms with Gasteiger partial charge in [0.05, 0.1) is 23.6 Å². The molecule has 150 valence electrons. The van der Waals surface area contributed by atoms with E-state index in [1.54, 1.807) is 19.0 Å². The van der Waals surface area contributed by atoms with Gasteiger partial charge in [0, 0.05) is 26.2 Å². The van der Waals surface area contributed by atoms with Crippen molar-refractivity contribution in [1.29, 1.82) is 0 Å². The van der Waals surface area contributed by atoms with Gasteiger partial charge in [-0.1, -0.05) is 36.4 Å².